The Bertz CT molecular complexity index is 1180. The van der Waals surface area contributed by atoms with E-state index < -0.39 is 0 Å². The van der Waals surface area contributed by atoms with Crippen molar-refractivity contribution >= 4 is 22.7 Å². The lowest BCUT2D eigenvalue weighted by atomic mass is 10.1. The van der Waals surface area contributed by atoms with Gasteiger partial charge in [0.05, 0.1) is 17.7 Å². The lowest BCUT2D eigenvalue weighted by Gasteiger charge is -2.38. The Kier molecular flexibility index (Phi) is 6.73. The predicted octanol–water partition coefficient (Wildman–Crippen LogP) is 4.09. The molecule has 188 valence electrons. The maximum atomic E-state index is 14.4. The van der Waals surface area contributed by atoms with Gasteiger partial charge in [0.25, 0.3) is 0 Å². The quantitative estimate of drug-likeness (QED) is 0.598. The molecule has 6 nitrogen and oxygen atoms in total. The van der Waals surface area contributed by atoms with Crippen molar-refractivity contribution in [2.75, 3.05) is 62.2 Å². The molecular weight excluding hydrogens is 439 g/mol. The molecule has 2 aromatic carbocycles. The number of nitrogens with one attached hydrogen (secondary N) is 1. The third kappa shape index (κ3) is 4.76. The molecule has 7 heteroatoms. The van der Waals surface area contributed by atoms with Crippen LogP contribution in [0, 0.1) is 26.6 Å². The lowest BCUT2D eigenvalue weighted by Crippen LogP contribution is -2.49. The van der Waals surface area contributed by atoms with E-state index in [1.807, 2.05) is 26.0 Å². The Labute approximate surface area is 208 Å². The van der Waals surface area contributed by atoms with E-state index >= 15 is 0 Å². The molecular formula is C28H39FN6. The molecule has 3 aromatic rings. The zero-order chi connectivity index (χ0) is 24.7. The van der Waals surface area contributed by atoms with Crippen molar-refractivity contribution in [1.29, 1.82) is 0 Å². The van der Waals surface area contributed by atoms with Crippen molar-refractivity contribution in [3.63, 3.8) is 0 Å². The van der Waals surface area contributed by atoms with Gasteiger partial charge in [-0.3, -0.25) is 4.90 Å². The number of anilines is 2. The summed E-state index contributed by atoms with van der Waals surface area (Å²) in [4.78, 5) is 12.8. The number of hydrogen-bond donors (Lipinski definition) is 1. The molecule has 0 atom stereocenters. The molecule has 2 saturated heterocycles. The van der Waals surface area contributed by atoms with Crippen LogP contribution < -0.4 is 15.1 Å². The molecule has 0 spiro atoms. The van der Waals surface area contributed by atoms with E-state index in [1.165, 1.54) is 16.8 Å². The standard InChI is InChI=1S/C28H39FN6/c1-19(2)32-10-12-33(13-11-32)24-14-20(3)15-25-27(24)31-28(34-8-6-30-7-9-34)35(25)18-23-16-21(4)26(29)22(5)17-23/h14-17,19,30H,6-13,18H2,1-5H3. The van der Waals surface area contributed by atoms with Crippen LogP contribution in [0.5, 0.6) is 0 Å². The highest BCUT2D eigenvalue weighted by atomic mass is 19.1. The van der Waals surface area contributed by atoms with Gasteiger partial charge in [-0.2, -0.15) is 0 Å². The Morgan fingerprint density at radius 1 is 0.886 bits per heavy atom. The minimum Gasteiger partial charge on any atom is -0.367 e. The maximum Gasteiger partial charge on any atom is 0.207 e. The van der Waals surface area contributed by atoms with Gasteiger partial charge in [-0.05, 0) is 69.0 Å². The smallest absolute Gasteiger partial charge is 0.207 e. The number of aromatic nitrogens is 2. The van der Waals surface area contributed by atoms with Crippen molar-refractivity contribution in [2.24, 2.45) is 0 Å². The summed E-state index contributed by atoms with van der Waals surface area (Å²) in [5.74, 6) is 0.916. The van der Waals surface area contributed by atoms with E-state index in [0.717, 1.165) is 69.4 Å². The van der Waals surface area contributed by atoms with Crippen LogP contribution in [0.1, 0.15) is 36.1 Å². The second-order valence-electron chi connectivity index (χ2n) is 10.5. The molecule has 1 aromatic heterocycles. The van der Waals surface area contributed by atoms with Gasteiger partial charge in [0, 0.05) is 58.4 Å². The van der Waals surface area contributed by atoms with Gasteiger partial charge in [-0.15, -0.1) is 0 Å². The summed E-state index contributed by atoms with van der Waals surface area (Å²) in [6.07, 6.45) is 0. The van der Waals surface area contributed by atoms with E-state index in [4.69, 9.17) is 4.98 Å². The third-order valence-electron chi connectivity index (χ3n) is 7.58. The Balaban J connectivity index is 1.59. The largest absolute Gasteiger partial charge is 0.367 e. The molecule has 0 saturated carbocycles. The monoisotopic (exact) mass is 478 g/mol. The topological polar surface area (TPSA) is 39.6 Å². The highest BCUT2D eigenvalue weighted by molar-refractivity contribution is 5.92. The summed E-state index contributed by atoms with van der Waals surface area (Å²) in [5, 5.41) is 3.46. The molecule has 35 heavy (non-hydrogen) atoms. The summed E-state index contributed by atoms with van der Waals surface area (Å²) >= 11 is 0. The van der Waals surface area contributed by atoms with E-state index in [1.54, 1.807) is 0 Å². The first-order valence-electron chi connectivity index (χ1n) is 13.0. The number of hydrogen-bond acceptors (Lipinski definition) is 5. The number of imidazole rings is 1. The van der Waals surface area contributed by atoms with Gasteiger partial charge in [-0.1, -0.05) is 12.1 Å². The van der Waals surface area contributed by atoms with Crippen LogP contribution in [-0.4, -0.2) is 72.9 Å². The molecule has 2 fully saturated rings. The molecule has 5 rings (SSSR count). The zero-order valence-corrected chi connectivity index (χ0v) is 21.9. The minimum atomic E-state index is -0.106. The van der Waals surface area contributed by atoms with Crippen LogP contribution in [0.2, 0.25) is 0 Å². The van der Waals surface area contributed by atoms with Crippen LogP contribution in [0.25, 0.3) is 11.0 Å². The van der Waals surface area contributed by atoms with Gasteiger partial charge < -0.3 is 19.7 Å². The molecule has 0 aliphatic carbocycles. The Morgan fingerprint density at radius 3 is 2.17 bits per heavy atom. The number of aryl methyl sites for hydroxylation is 3. The predicted molar refractivity (Wildman–Crippen MR) is 143 cm³/mol. The molecule has 0 unspecified atom stereocenters. The second kappa shape index (κ2) is 9.78. The fourth-order valence-corrected chi connectivity index (χ4v) is 5.62. The molecule has 0 radical (unpaired) electrons. The van der Waals surface area contributed by atoms with Gasteiger partial charge >= 0.3 is 0 Å². The number of rotatable bonds is 5. The van der Waals surface area contributed by atoms with Gasteiger partial charge in [0.15, 0.2) is 0 Å². The molecule has 2 aliphatic heterocycles. The SMILES string of the molecule is Cc1cc(N2CCN(C(C)C)CC2)c2nc(N3CCNCC3)n(Cc3cc(C)c(F)c(C)c3)c2c1. The molecule has 2 aliphatic rings. The average molecular weight is 479 g/mol. The average Bonchev–Trinajstić information content (AvgIpc) is 3.20. The fraction of sp³-hybridized carbons (Fsp3) is 0.536. The number of halogens is 1. The van der Waals surface area contributed by atoms with Crippen molar-refractivity contribution in [3.05, 3.63) is 52.3 Å². The fourth-order valence-electron chi connectivity index (χ4n) is 5.62. The molecule has 1 N–H and O–H groups in total. The van der Waals surface area contributed by atoms with Crippen LogP contribution in [-0.2, 0) is 6.54 Å². The second-order valence-corrected chi connectivity index (χ2v) is 10.5. The van der Waals surface area contributed by atoms with Crippen LogP contribution >= 0.6 is 0 Å². The highest BCUT2D eigenvalue weighted by Crippen LogP contribution is 2.34. The molecule has 3 heterocycles. The summed E-state index contributed by atoms with van der Waals surface area (Å²) in [5.41, 5.74) is 7.26. The molecule has 0 amide bonds. The number of piperazine rings is 2. The van der Waals surface area contributed by atoms with Crippen LogP contribution in [0.15, 0.2) is 24.3 Å². The first-order valence-corrected chi connectivity index (χ1v) is 13.0. The van der Waals surface area contributed by atoms with Gasteiger partial charge in [-0.25, -0.2) is 9.37 Å². The first-order chi connectivity index (χ1) is 16.8. The van der Waals surface area contributed by atoms with Crippen LogP contribution in [0.4, 0.5) is 16.0 Å². The van der Waals surface area contributed by atoms with E-state index in [-0.39, 0.29) is 5.82 Å². The summed E-state index contributed by atoms with van der Waals surface area (Å²) in [6, 6.07) is 9.12. The summed E-state index contributed by atoms with van der Waals surface area (Å²) < 4.78 is 16.7. The number of fused-ring (bicyclic) bond motifs is 1. The third-order valence-corrected chi connectivity index (χ3v) is 7.58. The van der Waals surface area contributed by atoms with Crippen molar-refractivity contribution < 1.29 is 4.39 Å². The van der Waals surface area contributed by atoms with Crippen molar-refractivity contribution in [2.45, 2.75) is 47.2 Å². The van der Waals surface area contributed by atoms with Crippen LogP contribution in [0.3, 0.4) is 0 Å². The minimum absolute atomic E-state index is 0.106. The molecule has 0 bridgehead atoms. The van der Waals surface area contributed by atoms with Crippen molar-refractivity contribution in [3.8, 4) is 0 Å². The lowest BCUT2D eigenvalue weighted by molar-refractivity contribution is 0.209. The Morgan fingerprint density at radius 2 is 1.54 bits per heavy atom. The Hall–Kier alpha value is -2.64. The van der Waals surface area contributed by atoms with Gasteiger partial charge in [0.2, 0.25) is 5.95 Å². The van der Waals surface area contributed by atoms with Gasteiger partial charge in [0.1, 0.15) is 11.3 Å². The summed E-state index contributed by atoms with van der Waals surface area (Å²) in [6.45, 7) is 19.1. The van der Waals surface area contributed by atoms with Crippen molar-refractivity contribution in [1.82, 2.24) is 19.8 Å². The number of nitrogens with zero attached hydrogens (tertiary/aromatic N) is 5. The zero-order valence-electron chi connectivity index (χ0n) is 21.9. The highest BCUT2D eigenvalue weighted by Gasteiger charge is 2.25. The summed E-state index contributed by atoms with van der Waals surface area (Å²) in [7, 11) is 0. The number of benzene rings is 2. The first kappa shape index (κ1) is 24.1. The maximum absolute atomic E-state index is 14.4. The van der Waals surface area contributed by atoms with E-state index in [2.05, 4.69) is 57.5 Å². The normalized spacial score (nSPS) is 17.7. The van der Waals surface area contributed by atoms with E-state index in [0.29, 0.717) is 23.7 Å². The van der Waals surface area contributed by atoms with E-state index in [9.17, 15) is 4.39 Å².